The van der Waals surface area contributed by atoms with Crippen LogP contribution in [0, 0.1) is 23.5 Å². The van der Waals surface area contributed by atoms with Crippen LogP contribution < -0.4 is 16.0 Å². The first kappa shape index (κ1) is 36.4. The molecule has 0 bridgehead atoms. The van der Waals surface area contributed by atoms with Gasteiger partial charge in [-0.2, -0.15) is 0 Å². The van der Waals surface area contributed by atoms with Crippen LogP contribution >= 0.6 is 0 Å². The number of carbonyl (C=O) groups excluding carboxylic acids is 2. The molecule has 9 heteroatoms. The Morgan fingerprint density at radius 3 is 2.22 bits per heavy atom. The Kier molecular flexibility index (Phi) is 14.8. The van der Waals surface area contributed by atoms with Crippen molar-refractivity contribution in [1.29, 1.82) is 0 Å². The van der Waals surface area contributed by atoms with Crippen molar-refractivity contribution in [3.63, 3.8) is 0 Å². The number of hydrogen-bond donors (Lipinski definition) is 4. The number of aliphatic hydroxyl groups is 1. The van der Waals surface area contributed by atoms with Crippen molar-refractivity contribution in [2.45, 2.75) is 65.1 Å². The Labute approximate surface area is 271 Å². The predicted octanol–water partition coefficient (Wildman–Crippen LogP) is 4.85. The molecule has 0 aliphatic heterocycles. The molecule has 7 nitrogen and oxygen atoms in total. The molecule has 0 aromatic heterocycles. The molecule has 0 saturated carbocycles. The fourth-order valence-corrected chi connectivity index (χ4v) is 5.21. The zero-order valence-corrected chi connectivity index (χ0v) is 27.3. The normalized spacial score (nSPS) is 12.2. The minimum atomic E-state index is -1.10. The Balaban J connectivity index is 1.90. The first-order chi connectivity index (χ1) is 22.2. The number of aliphatic hydroxyl groups excluding tert-OH is 1. The SMILES string of the molecule is CCCN(CCC)C(=O)c1cc(C#CCNC)cc(C(=O)NC(Cc2cc(F)cc(F)c2)C(O)CNCc2cccc(CC)c2)c1. The van der Waals surface area contributed by atoms with Gasteiger partial charge in [-0.15, -0.1) is 0 Å². The zero-order valence-electron chi connectivity index (χ0n) is 27.3. The smallest absolute Gasteiger partial charge is 0.253 e. The fraction of sp³-hybridized carbons (Fsp3) is 0.405. The maximum atomic E-state index is 14.1. The molecule has 0 heterocycles. The third kappa shape index (κ3) is 11.4. The van der Waals surface area contributed by atoms with Crippen LogP contribution in [0.25, 0.3) is 0 Å². The van der Waals surface area contributed by atoms with Gasteiger partial charge in [-0.05, 0) is 79.8 Å². The summed E-state index contributed by atoms with van der Waals surface area (Å²) in [5, 5.41) is 20.3. The topological polar surface area (TPSA) is 93.7 Å². The molecule has 0 radical (unpaired) electrons. The van der Waals surface area contributed by atoms with Gasteiger partial charge < -0.3 is 26.0 Å². The number of aryl methyl sites for hydroxylation is 1. The van der Waals surface area contributed by atoms with E-state index in [0.717, 1.165) is 30.9 Å². The number of nitrogens with zero attached hydrogens (tertiary/aromatic N) is 1. The van der Waals surface area contributed by atoms with Gasteiger partial charge in [0.25, 0.3) is 11.8 Å². The van der Waals surface area contributed by atoms with Crippen molar-refractivity contribution in [2.75, 3.05) is 33.2 Å². The minimum Gasteiger partial charge on any atom is -0.390 e. The summed E-state index contributed by atoms with van der Waals surface area (Å²) in [5.74, 6) is 3.75. The first-order valence-corrected chi connectivity index (χ1v) is 16.0. The molecule has 0 aliphatic carbocycles. The molecule has 246 valence electrons. The number of rotatable bonds is 16. The fourth-order valence-electron chi connectivity index (χ4n) is 5.21. The van der Waals surface area contributed by atoms with Crippen molar-refractivity contribution >= 4 is 11.8 Å². The molecule has 0 fully saturated rings. The van der Waals surface area contributed by atoms with E-state index in [1.54, 1.807) is 24.1 Å². The summed E-state index contributed by atoms with van der Waals surface area (Å²) in [6.07, 6.45) is 1.36. The molecule has 46 heavy (non-hydrogen) atoms. The largest absolute Gasteiger partial charge is 0.390 e. The number of carbonyl (C=O) groups is 2. The molecule has 2 atom stereocenters. The van der Waals surface area contributed by atoms with Crippen LogP contribution in [0.15, 0.2) is 60.7 Å². The number of nitrogens with one attached hydrogen (secondary N) is 3. The Hall–Kier alpha value is -4.10. The summed E-state index contributed by atoms with van der Waals surface area (Å²) in [4.78, 5) is 29.0. The molecule has 0 aliphatic rings. The highest BCUT2D eigenvalue weighted by molar-refractivity contribution is 6.00. The molecule has 0 spiro atoms. The van der Waals surface area contributed by atoms with E-state index in [1.807, 2.05) is 32.0 Å². The Bertz CT molecular complexity index is 1490. The number of hydrogen-bond acceptors (Lipinski definition) is 5. The lowest BCUT2D eigenvalue weighted by molar-refractivity contribution is 0.0755. The molecule has 0 saturated heterocycles. The first-order valence-electron chi connectivity index (χ1n) is 16.0. The van der Waals surface area contributed by atoms with Gasteiger partial charge in [-0.1, -0.05) is 56.9 Å². The van der Waals surface area contributed by atoms with Crippen LogP contribution in [0.1, 0.15) is 76.6 Å². The number of halogens is 2. The lowest BCUT2D eigenvalue weighted by atomic mass is 9.99. The maximum absolute atomic E-state index is 14.1. The molecule has 4 N–H and O–H groups in total. The van der Waals surface area contributed by atoms with E-state index in [-0.39, 0.29) is 30.0 Å². The highest BCUT2D eigenvalue weighted by Gasteiger charge is 2.24. The van der Waals surface area contributed by atoms with Gasteiger partial charge in [-0.25, -0.2) is 8.78 Å². The molecule has 2 amide bonds. The lowest BCUT2D eigenvalue weighted by Gasteiger charge is -2.25. The lowest BCUT2D eigenvalue weighted by Crippen LogP contribution is -2.48. The highest BCUT2D eigenvalue weighted by Crippen LogP contribution is 2.16. The van der Waals surface area contributed by atoms with Crippen LogP contribution in [-0.4, -0.2) is 67.2 Å². The van der Waals surface area contributed by atoms with Crippen molar-refractivity contribution in [3.05, 3.63) is 106 Å². The van der Waals surface area contributed by atoms with E-state index in [0.29, 0.717) is 37.3 Å². The molecular formula is C37H46F2N4O3. The quantitative estimate of drug-likeness (QED) is 0.170. The monoisotopic (exact) mass is 632 g/mol. The molecule has 3 aromatic carbocycles. The Morgan fingerprint density at radius 2 is 1.57 bits per heavy atom. The second-order valence-corrected chi connectivity index (χ2v) is 11.4. The van der Waals surface area contributed by atoms with E-state index < -0.39 is 29.7 Å². The van der Waals surface area contributed by atoms with Crippen LogP contribution in [0.2, 0.25) is 0 Å². The third-order valence-corrected chi connectivity index (χ3v) is 7.46. The molecular weight excluding hydrogens is 586 g/mol. The molecule has 2 unspecified atom stereocenters. The molecule has 3 aromatic rings. The van der Waals surface area contributed by atoms with Crippen molar-refractivity contribution < 1.29 is 23.5 Å². The van der Waals surface area contributed by atoms with Crippen LogP contribution in [0.4, 0.5) is 8.78 Å². The van der Waals surface area contributed by atoms with Gasteiger partial charge in [-0.3, -0.25) is 9.59 Å². The van der Waals surface area contributed by atoms with E-state index >= 15 is 0 Å². The summed E-state index contributed by atoms with van der Waals surface area (Å²) in [6, 6.07) is 15.2. The second kappa shape index (κ2) is 18.8. The summed E-state index contributed by atoms with van der Waals surface area (Å²) in [6.45, 7) is 8.27. The predicted molar refractivity (Wildman–Crippen MR) is 179 cm³/mol. The minimum absolute atomic E-state index is 0.0250. The van der Waals surface area contributed by atoms with E-state index in [1.165, 1.54) is 23.8 Å². The third-order valence-electron chi connectivity index (χ3n) is 7.46. The highest BCUT2D eigenvalue weighted by atomic mass is 19.1. The van der Waals surface area contributed by atoms with Gasteiger partial charge >= 0.3 is 0 Å². The van der Waals surface area contributed by atoms with Crippen LogP contribution in [0.5, 0.6) is 0 Å². The standard InChI is InChI=1S/C37H46F2N4O3/c1-5-14-43(15-6-2)37(46)31-18-27(12-9-13-40-4)17-30(22-31)36(45)42-34(21-29-19-32(38)23-33(39)20-29)35(44)25-41-24-28-11-8-10-26(7-3)16-28/h8,10-11,16-20,22-23,34-35,40-41,44H,5-7,13-15,21,24-25H2,1-4H3,(H,42,45). The van der Waals surface area contributed by atoms with Gasteiger partial charge in [0.15, 0.2) is 0 Å². The second-order valence-electron chi connectivity index (χ2n) is 11.4. The van der Waals surface area contributed by atoms with Crippen molar-refractivity contribution in [1.82, 2.24) is 20.9 Å². The zero-order chi connectivity index (χ0) is 33.5. The molecule has 3 rings (SSSR count). The Morgan fingerprint density at radius 1 is 0.891 bits per heavy atom. The van der Waals surface area contributed by atoms with E-state index in [4.69, 9.17) is 0 Å². The summed E-state index contributed by atoms with van der Waals surface area (Å²) in [5.41, 5.74) is 3.56. The van der Waals surface area contributed by atoms with Gasteiger partial charge in [0.05, 0.1) is 18.7 Å². The van der Waals surface area contributed by atoms with Crippen LogP contribution in [0.3, 0.4) is 0 Å². The van der Waals surface area contributed by atoms with E-state index in [2.05, 4.69) is 40.8 Å². The summed E-state index contributed by atoms with van der Waals surface area (Å²) < 4.78 is 28.1. The van der Waals surface area contributed by atoms with Crippen molar-refractivity contribution in [2.24, 2.45) is 0 Å². The van der Waals surface area contributed by atoms with E-state index in [9.17, 15) is 23.5 Å². The van der Waals surface area contributed by atoms with Gasteiger partial charge in [0, 0.05) is 48.9 Å². The van der Waals surface area contributed by atoms with Crippen molar-refractivity contribution in [3.8, 4) is 11.8 Å². The summed E-state index contributed by atoms with van der Waals surface area (Å²) in [7, 11) is 1.77. The average Bonchev–Trinajstić information content (AvgIpc) is 3.03. The summed E-state index contributed by atoms with van der Waals surface area (Å²) >= 11 is 0. The van der Waals surface area contributed by atoms with Gasteiger partial charge in [0.1, 0.15) is 11.6 Å². The van der Waals surface area contributed by atoms with Crippen LogP contribution in [-0.2, 0) is 19.4 Å². The number of amides is 2. The maximum Gasteiger partial charge on any atom is 0.253 e. The van der Waals surface area contributed by atoms with Gasteiger partial charge in [0.2, 0.25) is 0 Å². The average molecular weight is 633 g/mol. The number of benzene rings is 3.